The maximum absolute atomic E-state index is 13.0. The second-order valence-electron chi connectivity index (χ2n) is 4.00. The third-order valence-corrected chi connectivity index (χ3v) is 3.54. The first-order valence-corrected chi connectivity index (χ1v) is 6.67. The maximum Gasteiger partial charge on any atom is 0.143 e. The van der Waals surface area contributed by atoms with Crippen molar-refractivity contribution in [1.29, 1.82) is 0 Å². The quantitative estimate of drug-likeness (QED) is 0.858. The van der Waals surface area contributed by atoms with Gasteiger partial charge in [-0.2, -0.15) is 0 Å². The van der Waals surface area contributed by atoms with Crippen LogP contribution in [0.25, 0.3) is 0 Å². The van der Waals surface area contributed by atoms with E-state index in [0.29, 0.717) is 6.42 Å². The summed E-state index contributed by atoms with van der Waals surface area (Å²) < 4.78 is 13.0. The second kappa shape index (κ2) is 5.59. The SMILES string of the molecule is Cc1nc(CC(=O)Cc2ccc(F)c(Cl)c2)cs1. The van der Waals surface area contributed by atoms with E-state index in [1.165, 1.54) is 23.5 Å². The zero-order valence-electron chi connectivity index (χ0n) is 9.74. The number of Topliss-reactive ketones (excluding diaryl/α,β-unsaturated/α-hetero) is 1. The van der Waals surface area contributed by atoms with Crippen LogP contribution in [0.15, 0.2) is 23.6 Å². The zero-order chi connectivity index (χ0) is 13.1. The van der Waals surface area contributed by atoms with E-state index < -0.39 is 5.82 Å². The number of halogens is 2. The number of ketones is 1. The molecular formula is C13H11ClFNOS. The average molecular weight is 284 g/mol. The number of benzene rings is 1. The van der Waals surface area contributed by atoms with Crippen LogP contribution >= 0.6 is 22.9 Å². The fourth-order valence-electron chi connectivity index (χ4n) is 1.63. The number of rotatable bonds is 4. The molecule has 0 aliphatic heterocycles. The van der Waals surface area contributed by atoms with Gasteiger partial charge in [-0.1, -0.05) is 17.7 Å². The topological polar surface area (TPSA) is 30.0 Å². The minimum atomic E-state index is -0.469. The summed E-state index contributed by atoms with van der Waals surface area (Å²) in [5.41, 5.74) is 1.51. The van der Waals surface area contributed by atoms with Gasteiger partial charge < -0.3 is 0 Å². The Kier molecular flexibility index (Phi) is 4.09. The lowest BCUT2D eigenvalue weighted by atomic mass is 10.1. The number of hydrogen-bond acceptors (Lipinski definition) is 3. The summed E-state index contributed by atoms with van der Waals surface area (Å²) in [5.74, 6) is -0.425. The summed E-state index contributed by atoms with van der Waals surface area (Å²) in [6.45, 7) is 1.90. The highest BCUT2D eigenvalue weighted by molar-refractivity contribution is 7.09. The smallest absolute Gasteiger partial charge is 0.143 e. The van der Waals surface area contributed by atoms with Crippen LogP contribution in [0.4, 0.5) is 4.39 Å². The van der Waals surface area contributed by atoms with Crippen molar-refractivity contribution < 1.29 is 9.18 Å². The lowest BCUT2D eigenvalue weighted by Crippen LogP contribution is -2.07. The summed E-state index contributed by atoms with van der Waals surface area (Å²) >= 11 is 7.19. The molecule has 0 atom stereocenters. The van der Waals surface area contributed by atoms with Crippen LogP contribution in [0, 0.1) is 12.7 Å². The van der Waals surface area contributed by atoms with Gasteiger partial charge in [0.15, 0.2) is 0 Å². The van der Waals surface area contributed by atoms with Gasteiger partial charge in [-0.15, -0.1) is 11.3 Å². The van der Waals surface area contributed by atoms with Crippen LogP contribution in [0.3, 0.4) is 0 Å². The van der Waals surface area contributed by atoms with E-state index in [9.17, 15) is 9.18 Å². The Morgan fingerprint density at radius 3 is 2.83 bits per heavy atom. The fourth-order valence-corrected chi connectivity index (χ4v) is 2.45. The highest BCUT2D eigenvalue weighted by Crippen LogP contribution is 2.17. The molecule has 0 N–H and O–H groups in total. The molecule has 0 spiro atoms. The van der Waals surface area contributed by atoms with Crippen LogP contribution < -0.4 is 0 Å². The summed E-state index contributed by atoms with van der Waals surface area (Å²) in [6, 6.07) is 4.34. The number of nitrogens with zero attached hydrogens (tertiary/aromatic N) is 1. The molecule has 1 aromatic carbocycles. The second-order valence-corrected chi connectivity index (χ2v) is 5.47. The highest BCUT2D eigenvalue weighted by atomic mass is 35.5. The van der Waals surface area contributed by atoms with E-state index in [1.54, 1.807) is 6.07 Å². The monoisotopic (exact) mass is 283 g/mol. The Morgan fingerprint density at radius 2 is 2.22 bits per heavy atom. The van der Waals surface area contributed by atoms with Crippen molar-refractivity contribution in [3.63, 3.8) is 0 Å². The summed E-state index contributed by atoms with van der Waals surface area (Å²) in [4.78, 5) is 16.1. The van der Waals surface area contributed by atoms with Crippen molar-refractivity contribution in [2.75, 3.05) is 0 Å². The highest BCUT2D eigenvalue weighted by Gasteiger charge is 2.09. The van der Waals surface area contributed by atoms with Crippen molar-refractivity contribution in [2.45, 2.75) is 19.8 Å². The zero-order valence-corrected chi connectivity index (χ0v) is 11.3. The van der Waals surface area contributed by atoms with Gasteiger partial charge in [0.05, 0.1) is 15.7 Å². The molecule has 2 rings (SSSR count). The van der Waals surface area contributed by atoms with E-state index >= 15 is 0 Å². The molecule has 1 heterocycles. The van der Waals surface area contributed by atoms with Gasteiger partial charge in [0.25, 0.3) is 0 Å². The summed E-state index contributed by atoms with van der Waals surface area (Å²) in [7, 11) is 0. The lowest BCUT2D eigenvalue weighted by molar-refractivity contribution is -0.117. The molecule has 1 aromatic heterocycles. The van der Waals surface area contributed by atoms with Crippen LogP contribution in [0.1, 0.15) is 16.3 Å². The molecule has 94 valence electrons. The number of aryl methyl sites for hydroxylation is 1. The number of carbonyl (C=O) groups is 1. The van der Waals surface area contributed by atoms with Crippen LogP contribution in [0.5, 0.6) is 0 Å². The minimum Gasteiger partial charge on any atom is -0.299 e. The molecule has 0 radical (unpaired) electrons. The Labute approximate surface area is 113 Å². The molecule has 0 aliphatic carbocycles. The molecule has 2 nitrogen and oxygen atoms in total. The number of aromatic nitrogens is 1. The number of thiazole rings is 1. The first-order valence-electron chi connectivity index (χ1n) is 5.41. The summed E-state index contributed by atoms with van der Waals surface area (Å²) in [5, 5.41) is 2.87. The van der Waals surface area contributed by atoms with Gasteiger partial charge in [0.1, 0.15) is 11.6 Å². The number of carbonyl (C=O) groups excluding carboxylic acids is 1. The average Bonchev–Trinajstić information content (AvgIpc) is 2.69. The normalized spacial score (nSPS) is 10.6. The van der Waals surface area contributed by atoms with Gasteiger partial charge in [0.2, 0.25) is 0 Å². The van der Waals surface area contributed by atoms with Crippen LogP contribution in [-0.2, 0) is 17.6 Å². The van der Waals surface area contributed by atoms with Crippen LogP contribution in [-0.4, -0.2) is 10.8 Å². The largest absolute Gasteiger partial charge is 0.299 e. The molecule has 0 unspecified atom stereocenters. The Bertz CT molecular complexity index is 582. The van der Waals surface area contributed by atoms with E-state index in [-0.39, 0.29) is 17.2 Å². The predicted octanol–water partition coefficient (Wildman–Crippen LogP) is 3.60. The molecular weight excluding hydrogens is 273 g/mol. The van der Waals surface area contributed by atoms with Crippen molar-refractivity contribution in [3.05, 3.63) is 50.7 Å². The van der Waals surface area contributed by atoms with E-state index in [2.05, 4.69) is 4.98 Å². The van der Waals surface area contributed by atoms with Crippen molar-refractivity contribution in [3.8, 4) is 0 Å². The van der Waals surface area contributed by atoms with Gasteiger partial charge in [-0.05, 0) is 24.6 Å². The maximum atomic E-state index is 13.0. The van der Waals surface area contributed by atoms with Crippen molar-refractivity contribution >= 4 is 28.7 Å². The van der Waals surface area contributed by atoms with Gasteiger partial charge in [-0.25, -0.2) is 9.37 Å². The Hall–Kier alpha value is -1.26. The van der Waals surface area contributed by atoms with Crippen LogP contribution in [0.2, 0.25) is 5.02 Å². The molecule has 2 aromatic rings. The molecule has 0 amide bonds. The third kappa shape index (κ3) is 3.37. The summed E-state index contributed by atoms with van der Waals surface area (Å²) in [6.07, 6.45) is 0.551. The molecule has 0 saturated heterocycles. The molecule has 0 fully saturated rings. The van der Waals surface area contributed by atoms with E-state index in [0.717, 1.165) is 16.3 Å². The standard InChI is InChI=1S/C13H11ClFNOS/c1-8-16-10(7-18-8)6-11(17)4-9-2-3-13(15)12(14)5-9/h2-3,5,7H,4,6H2,1H3. The molecule has 18 heavy (non-hydrogen) atoms. The van der Waals surface area contributed by atoms with Gasteiger partial charge in [0, 0.05) is 18.2 Å². The lowest BCUT2D eigenvalue weighted by Gasteiger charge is -2.01. The predicted molar refractivity (Wildman–Crippen MR) is 70.7 cm³/mol. The fraction of sp³-hybridized carbons (Fsp3) is 0.231. The van der Waals surface area contributed by atoms with E-state index in [4.69, 9.17) is 11.6 Å². The van der Waals surface area contributed by atoms with E-state index in [1.807, 2.05) is 12.3 Å². The minimum absolute atomic E-state index is 0.0444. The van der Waals surface area contributed by atoms with Gasteiger partial charge in [-0.3, -0.25) is 4.79 Å². The molecule has 0 bridgehead atoms. The van der Waals surface area contributed by atoms with Gasteiger partial charge >= 0.3 is 0 Å². The van der Waals surface area contributed by atoms with Crippen molar-refractivity contribution in [1.82, 2.24) is 4.98 Å². The Morgan fingerprint density at radius 1 is 1.44 bits per heavy atom. The number of hydrogen-bond donors (Lipinski definition) is 0. The third-order valence-electron chi connectivity index (χ3n) is 2.43. The Balaban J connectivity index is 2.00. The molecule has 0 aliphatic rings. The molecule has 5 heteroatoms. The first-order chi connectivity index (χ1) is 8.54. The molecule has 0 saturated carbocycles. The van der Waals surface area contributed by atoms with Crippen molar-refractivity contribution in [2.24, 2.45) is 0 Å². The first kappa shape index (κ1) is 13.2.